The van der Waals surface area contributed by atoms with Crippen LogP contribution < -0.4 is 4.74 Å². The van der Waals surface area contributed by atoms with E-state index in [1.807, 2.05) is 12.1 Å². The number of imidazole rings is 1. The van der Waals surface area contributed by atoms with Gasteiger partial charge in [-0.3, -0.25) is 9.89 Å². The maximum Gasteiger partial charge on any atom is 0.335 e. The summed E-state index contributed by atoms with van der Waals surface area (Å²) in [4.78, 5) is 23.5. The van der Waals surface area contributed by atoms with Crippen molar-refractivity contribution in [3.63, 3.8) is 0 Å². The number of fused-ring (bicyclic) bond motifs is 2. The van der Waals surface area contributed by atoms with Gasteiger partial charge in [-0.2, -0.15) is 0 Å². The SMILES string of the molecule is O=C(O)c1ccc2nc(CN3CCC(c4cccc5c4O[C@@H](c4ccc(Cl)cc4F)C=N5)CC3)n(C[C@@H]3CCO3)c2c1. The smallest absolute Gasteiger partial charge is 0.335 e. The van der Waals surface area contributed by atoms with Crippen LogP contribution in [0.25, 0.3) is 11.0 Å². The van der Waals surface area contributed by atoms with Gasteiger partial charge in [0.15, 0.2) is 6.10 Å². The van der Waals surface area contributed by atoms with E-state index in [0.29, 0.717) is 29.4 Å². The lowest BCUT2D eigenvalue weighted by Gasteiger charge is -2.34. The predicted molar refractivity (Wildman–Crippen MR) is 158 cm³/mol. The van der Waals surface area contributed by atoms with Crippen LogP contribution in [0.15, 0.2) is 59.6 Å². The Morgan fingerprint density at radius 3 is 2.64 bits per heavy atom. The maximum atomic E-state index is 14.7. The summed E-state index contributed by atoms with van der Waals surface area (Å²) in [5.41, 5.74) is 4.14. The number of piperidine rings is 1. The largest absolute Gasteiger partial charge is 0.478 e. The second kappa shape index (κ2) is 11.1. The summed E-state index contributed by atoms with van der Waals surface area (Å²) >= 11 is 5.95. The van der Waals surface area contributed by atoms with E-state index in [1.165, 1.54) is 6.07 Å². The summed E-state index contributed by atoms with van der Waals surface area (Å²) in [6.45, 7) is 3.83. The number of aromatic nitrogens is 2. The number of hydrogen-bond acceptors (Lipinski definition) is 6. The van der Waals surface area contributed by atoms with Crippen molar-refractivity contribution in [1.82, 2.24) is 14.5 Å². The molecule has 2 saturated heterocycles. The number of likely N-dealkylation sites (tertiary alicyclic amines) is 1. The van der Waals surface area contributed by atoms with E-state index in [4.69, 9.17) is 26.1 Å². The van der Waals surface area contributed by atoms with Gasteiger partial charge in [0.05, 0.1) is 42.0 Å². The molecule has 42 heavy (non-hydrogen) atoms. The van der Waals surface area contributed by atoms with Crippen LogP contribution in [0, 0.1) is 5.82 Å². The lowest BCUT2D eigenvalue weighted by Crippen LogP contribution is -2.35. The van der Waals surface area contributed by atoms with Crippen molar-refractivity contribution in [3.05, 3.63) is 88.0 Å². The molecule has 1 aromatic heterocycles. The molecule has 3 aromatic carbocycles. The molecule has 7 rings (SSSR count). The van der Waals surface area contributed by atoms with Crippen LogP contribution in [0.2, 0.25) is 5.02 Å². The Morgan fingerprint density at radius 2 is 1.90 bits per heavy atom. The zero-order chi connectivity index (χ0) is 28.8. The van der Waals surface area contributed by atoms with E-state index in [-0.39, 0.29) is 17.6 Å². The number of para-hydroxylation sites is 1. The second-order valence-corrected chi connectivity index (χ2v) is 11.6. The minimum atomic E-state index is -0.949. The van der Waals surface area contributed by atoms with Gasteiger partial charge in [0.1, 0.15) is 23.1 Å². The average molecular weight is 589 g/mol. The molecule has 1 N–H and O–H groups in total. The van der Waals surface area contributed by atoms with E-state index in [0.717, 1.165) is 67.1 Å². The van der Waals surface area contributed by atoms with Crippen molar-refractivity contribution in [2.45, 2.75) is 50.5 Å². The molecular formula is C32H30ClFN4O4. The highest BCUT2D eigenvalue weighted by atomic mass is 35.5. The van der Waals surface area contributed by atoms with Crippen molar-refractivity contribution in [1.29, 1.82) is 0 Å². The Morgan fingerprint density at radius 1 is 1.07 bits per heavy atom. The standard InChI is InChI=1S/C32H30ClFN4O4/c33-21-5-6-24(25(34)15-21)29-16-35-27-3-1-2-23(31(27)42-29)19-8-11-37(12-9-19)18-30-36-26-7-4-20(32(39)40)14-28(26)38(30)17-22-10-13-41-22/h1-7,14-16,19,22,29H,8-13,17-18H2,(H,39,40)/t22-,29+/m0/s1. The van der Waals surface area contributed by atoms with E-state index < -0.39 is 17.9 Å². The first-order valence-electron chi connectivity index (χ1n) is 14.3. The van der Waals surface area contributed by atoms with Crippen molar-refractivity contribution in [2.75, 3.05) is 19.7 Å². The molecule has 8 nitrogen and oxygen atoms in total. The first-order valence-corrected chi connectivity index (χ1v) is 14.7. The molecule has 10 heteroatoms. The Kier molecular flexibility index (Phi) is 7.17. The number of aliphatic imine (C=N–C) groups is 1. The highest BCUT2D eigenvalue weighted by Crippen LogP contribution is 2.44. The van der Waals surface area contributed by atoms with Gasteiger partial charge in [0, 0.05) is 17.2 Å². The van der Waals surface area contributed by atoms with Gasteiger partial charge < -0.3 is 19.1 Å². The number of aromatic carboxylic acids is 1. The number of ether oxygens (including phenoxy) is 2. The van der Waals surface area contributed by atoms with Crippen LogP contribution in [0.1, 0.15) is 58.6 Å². The summed E-state index contributed by atoms with van der Waals surface area (Å²) in [6.07, 6.45) is 3.99. The van der Waals surface area contributed by atoms with E-state index in [2.05, 4.69) is 20.5 Å². The molecule has 0 unspecified atom stereocenters. The number of benzene rings is 3. The Labute approximate surface area is 247 Å². The van der Waals surface area contributed by atoms with Gasteiger partial charge >= 0.3 is 5.97 Å². The van der Waals surface area contributed by atoms with Crippen LogP contribution in [0.4, 0.5) is 10.1 Å². The molecule has 3 aliphatic rings. The molecule has 216 valence electrons. The topological polar surface area (TPSA) is 89.2 Å². The molecule has 0 amide bonds. The van der Waals surface area contributed by atoms with Gasteiger partial charge in [-0.05, 0) is 80.2 Å². The van der Waals surface area contributed by atoms with Crippen molar-refractivity contribution < 1.29 is 23.8 Å². The van der Waals surface area contributed by atoms with Crippen LogP contribution in [-0.4, -0.2) is 57.5 Å². The quantitative estimate of drug-likeness (QED) is 0.264. The van der Waals surface area contributed by atoms with Crippen LogP contribution >= 0.6 is 11.6 Å². The summed E-state index contributed by atoms with van der Waals surface area (Å²) in [7, 11) is 0. The third-order valence-electron chi connectivity index (χ3n) is 8.53. The van der Waals surface area contributed by atoms with Crippen LogP contribution in [-0.2, 0) is 17.8 Å². The molecule has 4 aromatic rings. The number of rotatable bonds is 7. The van der Waals surface area contributed by atoms with Crippen LogP contribution in [0.3, 0.4) is 0 Å². The monoisotopic (exact) mass is 588 g/mol. The Bertz CT molecular complexity index is 1690. The van der Waals surface area contributed by atoms with Gasteiger partial charge in [0.2, 0.25) is 0 Å². The van der Waals surface area contributed by atoms with Gasteiger partial charge in [-0.1, -0.05) is 29.8 Å². The van der Waals surface area contributed by atoms with Gasteiger partial charge in [0.25, 0.3) is 0 Å². The normalized spacial score (nSPS) is 20.7. The maximum absolute atomic E-state index is 14.7. The molecule has 3 aliphatic heterocycles. The molecule has 0 radical (unpaired) electrons. The number of carboxylic acids is 1. The first-order chi connectivity index (χ1) is 20.4. The Hall–Kier alpha value is -3.79. The van der Waals surface area contributed by atoms with Crippen molar-refractivity contribution in [3.8, 4) is 5.75 Å². The zero-order valence-corrected chi connectivity index (χ0v) is 23.6. The van der Waals surface area contributed by atoms with Gasteiger partial charge in [-0.15, -0.1) is 0 Å². The molecule has 0 bridgehead atoms. The second-order valence-electron chi connectivity index (χ2n) is 11.2. The summed E-state index contributed by atoms with van der Waals surface area (Å²) in [6, 6.07) is 15.7. The number of carbonyl (C=O) groups is 1. The zero-order valence-electron chi connectivity index (χ0n) is 22.9. The molecule has 0 spiro atoms. The number of hydrogen-bond donors (Lipinski definition) is 1. The fourth-order valence-electron chi connectivity index (χ4n) is 6.14. The lowest BCUT2D eigenvalue weighted by atomic mass is 9.88. The number of nitrogens with zero attached hydrogens (tertiary/aromatic N) is 4. The lowest BCUT2D eigenvalue weighted by molar-refractivity contribution is -0.0592. The highest BCUT2D eigenvalue weighted by Gasteiger charge is 2.30. The van der Waals surface area contributed by atoms with Crippen LogP contribution in [0.5, 0.6) is 5.75 Å². The summed E-state index contributed by atoms with van der Waals surface area (Å²) in [5.74, 6) is 0.553. The molecular weight excluding hydrogens is 559 g/mol. The summed E-state index contributed by atoms with van der Waals surface area (Å²) in [5, 5.41) is 9.87. The number of halogens is 2. The molecule has 4 heterocycles. The van der Waals surface area contributed by atoms with E-state index in [9.17, 15) is 14.3 Å². The highest BCUT2D eigenvalue weighted by molar-refractivity contribution is 6.30. The predicted octanol–water partition coefficient (Wildman–Crippen LogP) is 6.53. The first kappa shape index (κ1) is 27.1. The van der Waals surface area contributed by atoms with Crippen molar-refractivity contribution >= 4 is 40.5 Å². The fourth-order valence-corrected chi connectivity index (χ4v) is 6.30. The Balaban J connectivity index is 1.08. The minimum Gasteiger partial charge on any atom is -0.478 e. The summed E-state index contributed by atoms with van der Waals surface area (Å²) < 4.78 is 28.9. The van der Waals surface area contributed by atoms with E-state index in [1.54, 1.807) is 36.5 Å². The van der Waals surface area contributed by atoms with Gasteiger partial charge in [-0.25, -0.2) is 14.2 Å². The molecule has 0 saturated carbocycles. The molecule has 2 fully saturated rings. The average Bonchev–Trinajstić information content (AvgIpc) is 3.30. The van der Waals surface area contributed by atoms with E-state index >= 15 is 0 Å². The molecule has 0 aliphatic carbocycles. The third kappa shape index (κ3) is 5.17. The minimum absolute atomic E-state index is 0.123. The number of carboxylic acid groups (broad SMARTS) is 1. The fraction of sp³-hybridized carbons (Fsp3) is 0.344. The van der Waals surface area contributed by atoms with Crippen molar-refractivity contribution in [2.24, 2.45) is 4.99 Å². The third-order valence-corrected chi connectivity index (χ3v) is 8.77. The molecule has 2 atom stereocenters.